The number of rotatable bonds is 9. The molecule has 46 heavy (non-hydrogen) atoms. The van der Waals surface area contributed by atoms with Gasteiger partial charge in [0.15, 0.2) is 5.75 Å². The summed E-state index contributed by atoms with van der Waals surface area (Å²) in [6.45, 7) is 3.13. The van der Waals surface area contributed by atoms with Gasteiger partial charge in [0, 0.05) is 33.1 Å². The highest BCUT2D eigenvalue weighted by Gasteiger charge is 2.52. The number of hydrogen-bond acceptors (Lipinski definition) is 8. The van der Waals surface area contributed by atoms with E-state index in [9.17, 15) is 24.3 Å². The molecule has 3 heterocycles. The van der Waals surface area contributed by atoms with Crippen molar-refractivity contribution >= 4 is 29.5 Å². The number of hydrogen-bond donors (Lipinski definition) is 2. The maximum Gasteiger partial charge on any atom is 0.332 e. The Morgan fingerprint density at radius 3 is 2.48 bits per heavy atom. The Morgan fingerprint density at radius 1 is 0.978 bits per heavy atom. The average molecular weight is 627 g/mol. The molecule has 6 rings (SSSR count). The first-order valence-corrected chi connectivity index (χ1v) is 15.5. The number of aromatic hydroxyl groups is 1. The van der Waals surface area contributed by atoms with Gasteiger partial charge >= 0.3 is 12.0 Å². The van der Waals surface area contributed by atoms with Gasteiger partial charge in [0.05, 0.1) is 18.8 Å². The molecule has 2 fully saturated rings. The highest BCUT2D eigenvalue weighted by Crippen LogP contribution is 2.37. The number of benzene rings is 3. The number of para-hydroxylation sites is 1. The molecule has 240 valence electrons. The molecule has 12 nitrogen and oxygen atoms in total. The van der Waals surface area contributed by atoms with Crippen molar-refractivity contribution in [2.45, 2.75) is 45.1 Å². The summed E-state index contributed by atoms with van der Waals surface area (Å²) < 4.78 is 5.49. The zero-order valence-electron chi connectivity index (χ0n) is 26.0. The van der Waals surface area contributed by atoms with Gasteiger partial charge in [0.2, 0.25) is 11.8 Å². The van der Waals surface area contributed by atoms with Crippen LogP contribution in [0.15, 0.2) is 72.8 Å². The lowest BCUT2D eigenvalue weighted by atomic mass is 9.99. The quantitative estimate of drug-likeness (QED) is 0.275. The predicted octanol–water partition coefficient (Wildman–Crippen LogP) is 2.71. The molecular formula is C34H38N6O6. The number of phenolic OH excluding ortho intramolecular Hbond substituents is 1. The number of fused-ring (bicyclic) bond motifs is 2. The fourth-order valence-electron chi connectivity index (χ4n) is 6.51. The number of carbonyl (C=O) groups is 4. The second-order valence-corrected chi connectivity index (χ2v) is 11.8. The minimum Gasteiger partial charge on any atom is -0.508 e. The topological polar surface area (TPSA) is 126 Å². The molecule has 3 aliphatic heterocycles. The van der Waals surface area contributed by atoms with Gasteiger partial charge in [-0.05, 0) is 41.3 Å². The number of hydrazine groups is 1. The Kier molecular flexibility index (Phi) is 8.80. The van der Waals surface area contributed by atoms with Gasteiger partial charge in [-0.2, -0.15) is 5.01 Å². The number of nitrogens with zero attached hydrogens (tertiary/aromatic N) is 5. The van der Waals surface area contributed by atoms with E-state index in [1.807, 2.05) is 55.3 Å². The van der Waals surface area contributed by atoms with E-state index in [-0.39, 0.29) is 62.2 Å². The zero-order chi connectivity index (χ0) is 32.4. The van der Waals surface area contributed by atoms with Crippen LogP contribution in [-0.4, -0.2) is 94.2 Å². The molecule has 0 spiro atoms. The van der Waals surface area contributed by atoms with Crippen LogP contribution in [0, 0.1) is 0 Å². The van der Waals surface area contributed by atoms with Gasteiger partial charge in [-0.3, -0.25) is 14.6 Å². The number of esters is 1. The van der Waals surface area contributed by atoms with Crippen molar-refractivity contribution < 1.29 is 29.0 Å². The summed E-state index contributed by atoms with van der Waals surface area (Å²) in [5.74, 6) is -0.264. The first-order chi connectivity index (χ1) is 22.2. The number of urea groups is 1. The summed E-state index contributed by atoms with van der Waals surface area (Å²) in [7, 11) is 1.81. The SMILES string of the molecule is CCCN(C(=O)NCc1ccccc1)N1CC(=O)N2[C@@H](Cc3ccc(O)cc3)C(=O)N(Cc3cccc4c3N(C)CC(=O)O4)C[C@@H]21. The zero-order valence-corrected chi connectivity index (χ0v) is 26.0. The van der Waals surface area contributed by atoms with Crippen LogP contribution in [0.25, 0.3) is 0 Å². The standard InChI is InChI=1S/C34H38N6O6/c1-3-16-38(34(45)35-18-24-8-5-4-6-9-24)39-21-30(42)40-27(17-23-12-14-26(41)15-13-23)33(44)37(20-29(39)40)19-25-10-7-11-28-32(25)36(2)22-31(43)46-28/h4-15,27,29,41H,3,16-22H2,1-2H3,(H,35,45)/t27-,29+/m0/s1. The summed E-state index contributed by atoms with van der Waals surface area (Å²) in [6.07, 6.45) is 0.317. The lowest BCUT2D eigenvalue weighted by Crippen LogP contribution is -2.66. The molecule has 3 aromatic rings. The molecule has 0 unspecified atom stereocenters. The Bertz CT molecular complexity index is 1620. The van der Waals surface area contributed by atoms with Gasteiger partial charge in [0.1, 0.15) is 24.5 Å². The molecule has 0 radical (unpaired) electrons. The lowest BCUT2D eigenvalue weighted by Gasteiger charge is -2.46. The van der Waals surface area contributed by atoms with Crippen LogP contribution >= 0.6 is 0 Å². The highest BCUT2D eigenvalue weighted by molar-refractivity contribution is 5.92. The Labute approximate surface area is 267 Å². The molecule has 12 heteroatoms. The van der Waals surface area contributed by atoms with Crippen molar-refractivity contribution in [2.24, 2.45) is 0 Å². The van der Waals surface area contributed by atoms with Gasteiger partial charge in [-0.15, -0.1) is 0 Å². The van der Waals surface area contributed by atoms with E-state index in [1.165, 1.54) is 0 Å². The van der Waals surface area contributed by atoms with Crippen LogP contribution in [0.3, 0.4) is 0 Å². The third-order valence-corrected chi connectivity index (χ3v) is 8.61. The van der Waals surface area contributed by atoms with Crippen LogP contribution in [0.5, 0.6) is 11.5 Å². The molecule has 3 aliphatic rings. The van der Waals surface area contributed by atoms with Crippen molar-refractivity contribution in [3.8, 4) is 11.5 Å². The monoisotopic (exact) mass is 626 g/mol. The lowest BCUT2D eigenvalue weighted by molar-refractivity contribution is -0.157. The second-order valence-electron chi connectivity index (χ2n) is 11.8. The molecule has 2 N–H and O–H groups in total. The average Bonchev–Trinajstić information content (AvgIpc) is 3.36. The second kappa shape index (κ2) is 13.1. The molecule has 2 saturated heterocycles. The summed E-state index contributed by atoms with van der Waals surface area (Å²) >= 11 is 0. The van der Waals surface area contributed by atoms with E-state index in [2.05, 4.69) is 5.32 Å². The summed E-state index contributed by atoms with van der Waals surface area (Å²) in [5, 5.41) is 16.2. The van der Waals surface area contributed by atoms with Gasteiger partial charge < -0.3 is 29.9 Å². The Balaban J connectivity index is 1.32. The molecule has 0 aliphatic carbocycles. The number of amides is 4. The molecular weight excluding hydrogens is 588 g/mol. The van der Waals surface area contributed by atoms with Crippen LogP contribution in [0.1, 0.15) is 30.0 Å². The molecule has 3 aromatic carbocycles. The van der Waals surface area contributed by atoms with E-state index in [4.69, 9.17) is 4.74 Å². The van der Waals surface area contributed by atoms with Crippen molar-refractivity contribution in [3.63, 3.8) is 0 Å². The third-order valence-electron chi connectivity index (χ3n) is 8.61. The van der Waals surface area contributed by atoms with Gasteiger partial charge in [-0.25, -0.2) is 9.59 Å². The molecule has 0 bridgehead atoms. The minimum atomic E-state index is -0.827. The molecule has 0 aromatic heterocycles. The van der Waals surface area contributed by atoms with Crippen LogP contribution in [0.2, 0.25) is 0 Å². The number of phenols is 1. The van der Waals surface area contributed by atoms with Crippen LogP contribution < -0.4 is 15.0 Å². The summed E-state index contributed by atoms with van der Waals surface area (Å²) in [4.78, 5) is 58.9. The largest absolute Gasteiger partial charge is 0.508 e. The van der Waals surface area contributed by atoms with Crippen molar-refractivity contribution in [2.75, 3.05) is 38.1 Å². The number of carbonyl (C=O) groups excluding carboxylic acids is 4. The fraction of sp³-hybridized carbons (Fsp3) is 0.353. The number of piperazine rings is 1. The van der Waals surface area contributed by atoms with Crippen LogP contribution in [-0.2, 0) is 33.9 Å². The smallest absolute Gasteiger partial charge is 0.332 e. The number of ether oxygens (including phenoxy) is 1. The molecule has 4 amide bonds. The van der Waals surface area contributed by atoms with Crippen molar-refractivity contribution in [3.05, 3.63) is 89.5 Å². The number of anilines is 1. The number of nitrogens with one attached hydrogen (secondary N) is 1. The highest BCUT2D eigenvalue weighted by atomic mass is 16.5. The van der Waals surface area contributed by atoms with Crippen LogP contribution in [0.4, 0.5) is 10.5 Å². The maximum atomic E-state index is 14.3. The van der Waals surface area contributed by atoms with Crippen molar-refractivity contribution in [1.82, 2.24) is 25.1 Å². The van der Waals surface area contributed by atoms with E-state index in [0.717, 1.165) is 22.4 Å². The predicted molar refractivity (Wildman–Crippen MR) is 169 cm³/mol. The van der Waals surface area contributed by atoms with E-state index in [0.29, 0.717) is 25.3 Å². The summed E-state index contributed by atoms with van der Waals surface area (Å²) in [5.41, 5.74) is 3.29. The molecule has 0 saturated carbocycles. The maximum absolute atomic E-state index is 14.3. The Hall–Kier alpha value is -5.10. The normalized spacial score (nSPS) is 19.5. The Morgan fingerprint density at radius 2 is 1.74 bits per heavy atom. The first kappa shape index (κ1) is 30.9. The van der Waals surface area contributed by atoms with E-state index < -0.39 is 12.2 Å². The van der Waals surface area contributed by atoms with Gasteiger partial charge in [0.25, 0.3) is 0 Å². The van der Waals surface area contributed by atoms with E-state index in [1.54, 1.807) is 56.2 Å². The first-order valence-electron chi connectivity index (χ1n) is 15.5. The van der Waals surface area contributed by atoms with Gasteiger partial charge in [-0.1, -0.05) is 61.5 Å². The fourth-order valence-corrected chi connectivity index (χ4v) is 6.51. The minimum absolute atomic E-state index is 0.0456. The molecule has 2 atom stereocenters. The van der Waals surface area contributed by atoms with E-state index >= 15 is 0 Å². The number of likely N-dealkylation sites (N-methyl/N-ethyl adjacent to an activating group) is 1. The van der Waals surface area contributed by atoms with Crippen molar-refractivity contribution in [1.29, 1.82) is 0 Å². The summed E-state index contributed by atoms with van der Waals surface area (Å²) in [6, 6.07) is 20.5. The third kappa shape index (κ3) is 6.20.